The van der Waals surface area contributed by atoms with Gasteiger partial charge in [-0.2, -0.15) is 5.10 Å². The van der Waals surface area contributed by atoms with Gasteiger partial charge in [-0.05, 0) is 69.0 Å². The Bertz CT molecular complexity index is 1070. The molecule has 0 radical (unpaired) electrons. The topological polar surface area (TPSA) is 59.9 Å². The number of carbonyl (C=O) groups excluding carboxylic acids is 1. The van der Waals surface area contributed by atoms with Gasteiger partial charge in [0.25, 0.3) is 0 Å². The van der Waals surface area contributed by atoms with Crippen LogP contribution in [-0.2, 0) is 17.8 Å². The molecule has 1 N–H and O–H groups in total. The van der Waals surface area contributed by atoms with Gasteiger partial charge in [0.2, 0.25) is 5.91 Å². The van der Waals surface area contributed by atoms with Gasteiger partial charge in [0.1, 0.15) is 6.61 Å². The molecule has 0 aromatic heterocycles. The van der Waals surface area contributed by atoms with Crippen LogP contribution >= 0.6 is 43.5 Å². The third kappa shape index (κ3) is 7.09. The van der Waals surface area contributed by atoms with E-state index in [4.69, 9.17) is 21.1 Å². The van der Waals surface area contributed by atoms with Crippen molar-refractivity contribution >= 4 is 55.6 Å². The summed E-state index contributed by atoms with van der Waals surface area (Å²) in [5.74, 6) is 0.923. The molecule has 0 aliphatic rings. The summed E-state index contributed by atoms with van der Waals surface area (Å²) in [6, 6.07) is 18.6. The zero-order valence-electron chi connectivity index (χ0n) is 16.6. The number of amides is 1. The largest absolute Gasteiger partial charge is 0.493 e. The van der Waals surface area contributed by atoms with Gasteiger partial charge in [0, 0.05) is 9.50 Å². The van der Waals surface area contributed by atoms with Crippen molar-refractivity contribution in [2.24, 2.45) is 5.10 Å². The molecule has 0 aliphatic heterocycles. The fraction of sp³-hybridized carbons (Fsp3) is 0.130. The number of hydrogen-bond donors (Lipinski definition) is 1. The molecule has 3 aromatic carbocycles. The molecular formula is C23H19Br2ClN2O3. The van der Waals surface area contributed by atoms with Crippen LogP contribution in [-0.4, -0.2) is 19.2 Å². The molecule has 8 heteroatoms. The quantitative estimate of drug-likeness (QED) is 0.263. The highest BCUT2D eigenvalue weighted by Crippen LogP contribution is 2.36. The van der Waals surface area contributed by atoms with E-state index in [1.807, 2.05) is 54.6 Å². The minimum absolute atomic E-state index is 0.201. The first-order valence-corrected chi connectivity index (χ1v) is 11.2. The molecule has 0 saturated carbocycles. The van der Waals surface area contributed by atoms with Crippen molar-refractivity contribution in [3.63, 3.8) is 0 Å². The van der Waals surface area contributed by atoms with Gasteiger partial charge >= 0.3 is 0 Å². The molecule has 0 spiro atoms. The maximum absolute atomic E-state index is 12.1. The number of methoxy groups -OCH3 is 1. The molecule has 3 rings (SSSR count). The van der Waals surface area contributed by atoms with E-state index in [2.05, 4.69) is 42.4 Å². The molecule has 31 heavy (non-hydrogen) atoms. The second-order valence-electron chi connectivity index (χ2n) is 6.55. The summed E-state index contributed by atoms with van der Waals surface area (Å²) in [4.78, 5) is 12.1. The number of carbonyl (C=O) groups is 1. The minimum Gasteiger partial charge on any atom is -0.493 e. The SMILES string of the molecule is COc1cc(/C=N\NC(=O)Cc2ccc(Br)cc2)cc(Br)c1OCc1ccc(Cl)cc1. The number of benzene rings is 3. The van der Waals surface area contributed by atoms with Gasteiger partial charge in [0.15, 0.2) is 11.5 Å². The second kappa shape index (κ2) is 11.3. The second-order valence-corrected chi connectivity index (χ2v) is 8.75. The highest BCUT2D eigenvalue weighted by atomic mass is 79.9. The summed E-state index contributed by atoms with van der Waals surface area (Å²) < 4.78 is 13.1. The van der Waals surface area contributed by atoms with E-state index in [0.29, 0.717) is 27.6 Å². The van der Waals surface area contributed by atoms with E-state index in [1.165, 1.54) is 0 Å². The average Bonchev–Trinajstić information content (AvgIpc) is 2.75. The lowest BCUT2D eigenvalue weighted by atomic mass is 10.1. The summed E-state index contributed by atoms with van der Waals surface area (Å²) >= 11 is 12.8. The van der Waals surface area contributed by atoms with Gasteiger partial charge in [-0.15, -0.1) is 0 Å². The zero-order chi connectivity index (χ0) is 22.2. The first-order valence-electron chi connectivity index (χ1n) is 9.25. The predicted octanol–water partition coefficient (Wildman–Crippen LogP) is 6.15. The van der Waals surface area contributed by atoms with E-state index in [0.717, 1.165) is 21.2 Å². The Hall–Kier alpha value is -2.35. The Kier molecular flexibility index (Phi) is 8.51. The third-order valence-corrected chi connectivity index (χ3v) is 5.60. The van der Waals surface area contributed by atoms with E-state index < -0.39 is 0 Å². The van der Waals surface area contributed by atoms with Crippen LogP contribution < -0.4 is 14.9 Å². The van der Waals surface area contributed by atoms with Gasteiger partial charge in [-0.3, -0.25) is 4.79 Å². The number of halogens is 3. The Morgan fingerprint density at radius 2 is 1.74 bits per heavy atom. The summed E-state index contributed by atoms with van der Waals surface area (Å²) in [6.45, 7) is 0.367. The van der Waals surface area contributed by atoms with Crippen LogP contribution in [0.1, 0.15) is 16.7 Å². The summed E-state index contributed by atoms with van der Waals surface area (Å²) in [5.41, 5.74) is 5.17. The van der Waals surface area contributed by atoms with Crippen LogP contribution in [0.2, 0.25) is 5.02 Å². The van der Waals surface area contributed by atoms with Crippen molar-refractivity contribution in [2.45, 2.75) is 13.0 Å². The lowest BCUT2D eigenvalue weighted by Crippen LogP contribution is -2.19. The van der Waals surface area contributed by atoms with Crippen molar-refractivity contribution in [2.75, 3.05) is 7.11 Å². The van der Waals surface area contributed by atoms with E-state index in [1.54, 1.807) is 19.4 Å². The minimum atomic E-state index is -0.201. The van der Waals surface area contributed by atoms with Crippen molar-refractivity contribution < 1.29 is 14.3 Å². The molecule has 160 valence electrons. The fourth-order valence-corrected chi connectivity index (χ4v) is 3.66. The van der Waals surface area contributed by atoms with Crippen LogP contribution in [0.3, 0.4) is 0 Å². The molecule has 0 atom stereocenters. The first kappa shape index (κ1) is 23.3. The van der Waals surface area contributed by atoms with Crippen LogP contribution in [0, 0.1) is 0 Å². The summed E-state index contributed by atoms with van der Waals surface area (Å²) in [7, 11) is 1.57. The van der Waals surface area contributed by atoms with Gasteiger partial charge in [-0.25, -0.2) is 5.43 Å². The number of nitrogens with one attached hydrogen (secondary N) is 1. The van der Waals surface area contributed by atoms with Crippen molar-refractivity contribution in [1.82, 2.24) is 5.43 Å². The Morgan fingerprint density at radius 3 is 2.42 bits per heavy atom. The lowest BCUT2D eigenvalue weighted by Gasteiger charge is -2.13. The highest BCUT2D eigenvalue weighted by molar-refractivity contribution is 9.10. The first-order chi connectivity index (χ1) is 14.9. The van der Waals surface area contributed by atoms with Crippen LogP contribution in [0.4, 0.5) is 0 Å². The zero-order valence-corrected chi connectivity index (χ0v) is 20.5. The molecular weight excluding hydrogens is 548 g/mol. The maximum Gasteiger partial charge on any atom is 0.244 e. The molecule has 0 fully saturated rings. The van der Waals surface area contributed by atoms with Crippen molar-refractivity contribution in [3.8, 4) is 11.5 Å². The van der Waals surface area contributed by atoms with E-state index in [-0.39, 0.29) is 12.3 Å². The Balaban J connectivity index is 1.62. The molecule has 0 saturated heterocycles. The Labute approximate surface area is 202 Å². The molecule has 5 nitrogen and oxygen atoms in total. The number of hydrogen-bond acceptors (Lipinski definition) is 4. The summed E-state index contributed by atoms with van der Waals surface area (Å²) in [6.07, 6.45) is 1.80. The lowest BCUT2D eigenvalue weighted by molar-refractivity contribution is -0.120. The maximum atomic E-state index is 12.1. The number of hydrazone groups is 1. The molecule has 3 aromatic rings. The fourth-order valence-electron chi connectivity index (χ4n) is 2.70. The van der Waals surface area contributed by atoms with Crippen LogP contribution in [0.25, 0.3) is 0 Å². The Morgan fingerprint density at radius 1 is 1.06 bits per heavy atom. The van der Waals surface area contributed by atoms with Crippen molar-refractivity contribution in [3.05, 3.63) is 91.3 Å². The standard InChI is InChI=1S/C23H19Br2ClN2O3/c1-30-21-11-17(13-27-28-22(29)12-15-2-6-18(24)7-3-15)10-20(25)23(21)31-14-16-4-8-19(26)9-5-16/h2-11,13H,12,14H2,1H3,(H,28,29)/b27-13-. The van der Waals surface area contributed by atoms with Crippen LogP contribution in [0.15, 0.2) is 74.7 Å². The van der Waals surface area contributed by atoms with Gasteiger partial charge < -0.3 is 9.47 Å². The van der Waals surface area contributed by atoms with E-state index >= 15 is 0 Å². The predicted molar refractivity (Wildman–Crippen MR) is 130 cm³/mol. The molecule has 0 aliphatic carbocycles. The molecule has 0 heterocycles. The van der Waals surface area contributed by atoms with Crippen LogP contribution in [0.5, 0.6) is 11.5 Å². The number of ether oxygens (including phenoxy) is 2. The molecule has 1 amide bonds. The smallest absolute Gasteiger partial charge is 0.244 e. The summed E-state index contributed by atoms with van der Waals surface area (Å²) in [5, 5.41) is 4.72. The van der Waals surface area contributed by atoms with Gasteiger partial charge in [0.05, 0.1) is 24.2 Å². The van der Waals surface area contributed by atoms with Gasteiger partial charge in [-0.1, -0.05) is 51.8 Å². The number of rotatable bonds is 8. The monoisotopic (exact) mass is 564 g/mol. The van der Waals surface area contributed by atoms with E-state index in [9.17, 15) is 4.79 Å². The highest BCUT2D eigenvalue weighted by Gasteiger charge is 2.12. The molecule has 0 bridgehead atoms. The third-order valence-electron chi connectivity index (χ3n) is 4.23. The number of nitrogens with zero attached hydrogens (tertiary/aromatic N) is 1. The molecule has 0 unspecified atom stereocenters. The average molecular weight is 567 g/mol. The normalized spacial score (nSPS) is 10.8. The van der Waals surface area contributed by atoms with Crippen molar-refractivity contribution in [1.29, 1.82) is 0 Å².